The number of hydrogen-bond donors (Lipinski definition) is 1. The smallest absolute Gasteiger partial charge is 0.246 e. The van der Waals surface area contributed by atoms with Crippen LogP contribution in [0.2, 0.25) is 0 Å². The summed E-state index contributed by atoms with van der Waals surface area (Å²) >= 11 is 0. The monoisotopic (exact) mass is 521 g/mol. The quantitative estimate of drug-likeness (QED) is 0.572. The van der Waals surface area contributed by atoms with Crippen LogP contribution in [-0.2, 0) is 20.9 Å². The highest BCUT2D eigenvalue weighted by molar-refractivity contribution is 6.00. The molecule has 1 atom stereocenters. The lowest BCUT2D eigenvalue weighted by molar-refractivity contribution is -0.162. The zero-order valence-electron chi connectivity index (χ0n) is 23.2. The molecule has 1 aliphatic carbocycles. The number of nitrogens with zero attached hydrogens (tertiary/aromatic N) is 4. The van der Waals surface area contributed by atoms with E-state index in [-0.39, 0.29) is 11.8 Å². The van der Waals surface area contributed by atoms with Gasteiger partial charge in [-0.2, -0.15) is 5.10 Å². The van der Waals surface area contributed by atoms with Gasteiger partial charge in [0, 0.05) is 44.5 Å². The SMILES string of the molecule is COCCN1C(=O)C(CC2CCCCC2)NC(=O)C12CCN(Cc1c(C)nn(-c3ccccc3)c1C)CC2. The number of carbonyl (C=O) groups is 2. The highest BCUT2D eigenvalue weighted by Gasteiger charge is 2.53. The largest absolute Gasteiger partial charge is 0.383 e. The highest BCUT2D eigenvalue weighted by atomic mass is 16.5. The van der Waals surface area contributed by atoms with Gasteiger partial charge in [0.15, 0.2) is 0 Å². The Kier molecular flexibility index (Phi) is 8.19. The maximum Gasteiger partial charge on any atom is 0.246 e. The first-order valence-corrected chi connectivity index (χ1v) is 14.4. The molecule has 8 nitrogen and oxygen atoms in total. The van der Waals surface area contributed by atoms with Crippen molar-refractivity contribution in [3.8, 4) is 5.69 Å². The average molecular weight is 522 g/mol. The Balaban J connectivity index is 1.28. The lowest BCUT2D eigenvalue weighted by Gasteiger charge is -2.52. The van der Waals surface area contributed by atoms with Crippen molar-refractivity contribution in [2.24, 2.45) is 5.92 Å². The summed E-state index contributed by atoms with van der Waals surface area (Å²) in [6, 6.07) is 9.81. The van der Waals surface area contributed by atoms with Crippen molar-refractivity contribution in [1.82, 2.24) is 24.9 Å². The number of benzene rings is 1. The van der Waals surface area contributed by atoms with E-state index in [1.807, 2.05) is 27.8 Å². The fourth-order valence-corrected chi connectivity index (χ4v) is 6.82. The van der Waals surface area contributed by atoms with E-state index in [0.717, 1.165) is 56.0 Å². The van der Waals surface area contributed by atoms with Crippen LogP contribution in [0.5, 0.6) is 0 Å². The van der Waals surface area contributed by atoms with E-state index in [4.69, 9.17) is 9.84 Å². The third-order valence-corrected chi connectivity index (χ3v) is 9.13. The number of amides is 2. The molecule has 1 unspecified atom stereocenters. The molecule has 2 aliphatic heterocycles. The fraction of sp³-hybridized carbons (Fsp3) is 0.633. The lowest BCUT2D eigenvalue weighted by atomic mass is 9.79. The van der Waals surface area contributed by atoms with Crippen LogP contribution in [0, 0.1) is 19.8 Å². The van der Waals surface area contributed by atoms with Gasteiger partial charge in [0.25, 0.3) is 0 Å². The first-order chi connectivity index (χ1) is 18.4. The van der Waals surface area contributed by atoms with Gasteiger partial charge in [0.2, 0.25) is 11.8 Å². The third kappa shape index (κ3) is 5.25. The van der Waals surface area contributed by atoms with Crippen LogP contribution in [0.4, 0.5) is 0 Å². The molecule has 0 radical (unpaired) electrons. The standard InChI is InChI=1S/C30H43N5O3/c1-22-26(23(2)35(32-22)25-12-8-5-9-13-25)21-33-16-14-30(15-17-33)29(37)31-27(20-24-10-6-4-7-11-24)28(36)34(30)18-19-38-3/h5,8-9,12-13,24,27H,4,6-7,10-11,14-21H2,1-3H3,(H,31,37). The van der Waals surface area contributed by atoms with Gasteiger partial charge in [0.1, 0.15) is 11.6 Å². The molecule has 2 amide bonds. The summed E-state index contributed by atoms with van der Waals surface area (Å²) < 4.78 is 7.38. The van der Waals surface area contributed by atoms with Gasteiger partial charge in [-0.1, -0.05) is 50.3 Å². The second-order valence-electron chi connectivity index (χ2n) is 11.5. The number of nitrogens with one attached hydrogen (secondary N) is 1. The Morgan fingerprint density at radius 3 is 2.45 bits per heavy atom. The van der Waals surface area contributed by atoms with Crippen LogP contribution in [-0.4, -0.2) is 76.3 Å². The first-order valence-electron chi connectivity index (χ1n) is 14.4. The normalized spacial score (nSPS) is 22.7. The van der Waals surface area contributed by atoms with Crippen LogP contribution in [0.25, 0.3) is 5.69 Å². The van der Waals surface area contributed by atoms with Crippen molar-refractivity contribution in [2.45, 2.75) is 83.3 Å². The molecule has 5 rings (SSSR count). The molecule has 2 saturated heterocycles. The molecule has 1 aromatic heterocycles. The van der Waals surface area contributed by atoms with Crippen LogP contribution in [0.3, 0.4) is 0 Å². The van der Waals surface area contributed by atoms with Gasteiger partial charge >= 0.3 is 0 Å². The topological polar surface area (TPSA) is 79.7 Å². The van der Waals surface area contributed by atoms with Crippen molar-refractivity contribution in [2.75, 3.05) is 33.4 Å². The molecule has 206 valence electrons. The van der Waals surface area contributed by atoms with Gasteiger partial charge in [0.05, 0.1) is 18.0 Å². The molecule has 0 bridgehead atoms. The summed E-state index contributed by atoms with van der Waals surface area (Å²) in [5.74, 6) is 0.635. The molecule has 1 N–H and O–H groups in total. The second kappa shape index (κ2) is 11.6. The minimum Gasteiger partial charge on any atom is -0.383 e. The number of para-hydroxylation sites is 1. The van der Waals surface area contributed by atoms with E-state index in [9.17, 15) is 9.59 Å². The number of methoxy groups -OCH3 is 1. The lowest BCUT2D eigenvalue weighted by Crippen LogP contribution is -2.73. The van der Waals surface area contributed by atoms with Crippen molar-refractivity contribution in [3.05, 3.63) is 47.3 Å². The molecule has 3 fully saturated rings. The molecule has 1 aromatic carbocycles. The number of likely N-dealkylation sites (tertiary alicyclic amines) is 1. The first kappa shape index (κ1) is 26.9. The van der Waals surface area contributed by atoms with Crippen LogP contribution >= 0.6 is 0 Å². The van der Waals surface area contributed by atoms with Gasteiger partial charge in [-0.15, -0.1) is 0 Å². The molecular formula is C30H43N5O3. The molecule has 1 spiro atoms. The van der Waals surface area contributed by atoms with Gasteiger partial charge in [-0.05, 0) is 51.2 Å². The number of aryl methyl sites for hydroxylation is 1. The van der Waals surface area contributed by atoms with E-state index in [1.165, 1.54) is 24.8 Å². The summed E-state index contributed by atoms with van der Waals surface area (Å²) in [5, 5.41) is 7.99. The summed E-state index contributed by atoms with van der Waals surface area (Å²) in [6.45, 7) is 7.40. The summed E-state index contributed by atoms with van der Waals surface area (Å²) in [4.78, 5) is 31.7. The Morgan fingerprint density at radius 1 is 1.05 bits per heavy atom. The molecule has 38 heavy (non-hydrogen) atoms. The Bertz CT molecular complexity index is 1120. The van der Waals surface area contributed by atoms with Crippen molar-refractivity contribution >= 4 is 11.8 Å². The van der Waals surface area contributed by atoms with Crippen molar-refractivity contribution < 1.29 is 14.3 Å². The van der Waals surface area contributed by atoms with E-state index >= 15 is 0 Å². The number of aromatic nitrogens is 2. The van der Waals surface area contributed by atoms with Gasteiger partial charge in [-0.3, -0.25) is 14.5 Å². The van der Waals surface area contributed by atoms with Crippen LogP contribution in [0.15, 0.2) is 30.3 Å². The van der Waals surface area contributed by atoms with Crippen LogP contribution < -0.4 is 5.32 Å². The number of piperazine rings is 1. The Morgan fingerprint density at radius 2 is 1.76 bits per heavy atom. The van der Waals surface area contributed by atoms with E-state index in [0.29, 0.717) is 31.9 Å². The van der Waals surface area contributed by atoms with E-state index < -0.39 is 11.6 Å². The Hall–Kier alpha value is -2.71. The minimum atomic E-state index is -0.784. The zero-order valence-corrected chi connectivity index (χ0v) is 23.2. The third-order valence-electron chi connectivity index (χ3n) is 9.13. The summed E-state index contributed by atoms with van der Waals surface area (Å²) in [5.41, 5.74) is 3.69. The second-order valence-corrected chi connectivity index (χ2v) is 11.5. The van der Waals surface area contributed by atoms with Gasteiger partial charge in [-0.25, -0.2) is 4.68 Å². The number of piperidine rings is 1. The number of carbonyl (C=O) groups excluding carboxylic acids is 2. The maximum atomic E-state index is 13.8. The van der Waals surface area contributed by atoms with Crippen LogP contribution in [0.1, 0.15) is 68.3 Å². The summed E-state index contributed by atoms with van der Waals surface area (Å²) in [6.07, 6.45) is 8.11. The van der Waals surface area contributed by atoms with E-state index in [1.54, 1.807) is 7.11 Å². The molecule has 2 aromatic rings. The number of ether oxygens (including phenoxy) is 1. The molecule has 3 aliphatic rings. The molecular weight excluding hydrogens is 478 g/mol. The summed E-state index contributed by atoms with van der Waals surface area (Å²) in [7, 11) is 1.66. The molecule has 3 heterocycles. The fourth-order valence-electron chi connectivity index (χ4n) is 6.82. The highest BCUT2D eigenvalue weighted by Crippen LogP contribution is 2.36. The maximum absolute atomic E-state index is 13.8. The zero-order chi connectivity index (χ0) is 26.7. The van der Waals surface area contributed by atoms with Crippen molar-refractivity contribution in [3.63, 3.8) is 0 Å². The Labute approximate surface area is 226 Å². The number of hydrogen-bond acceptors (Lipinski definition) is 5. The van der Waals surface area contributed by atoms with E-state index in [2.05, 4.69) is 36.2 Å². The molecule has 8 heteroatoms. The van der Waals surface area contributed by atoms with Gasteiger partial charge < -0.3 is 15.0 Å². The molecule has 1 saturated carbocycles. The minimum absolute atomic E-state index is 0.0259. The average Bonchev–Trinajstić information content (AvgIpc) is 3.22. The van der Waals surface area contributed by atoms with Crippen molar-refractivity contribution in [1.29, 1.82) is 0 Å². The number of rotatable bonds is 8. The predicted octanol–water partition coefficient (Wildman–Crippen LogP) is 3.77. The predicted molar refractivity (Wildman–Crippen MR) is 147 cm³/mol.